The lowest BCUT2D eigenvalue weighted by molar-refractivity contribution is -0.129. The average molecular weight is 265 g/mol. The van der Waals surface area contributed by atoms with Crippen LogP contribution in [-0.2, 0) is 11.2 Å². The summed E-state index contributed by atoms with van der Waals surface area (Å²) < 4.78 is 5.55. The summed E-state index contributed by atoms with van der Waals surface area (Å²) in [7, 11) is 0. The second-order valence-corrected chi connectivity index (χ2v) is 5.19. The van der Waals surface area contributed by atoms with Crippen molar-refractivity contribution in [2.75, 3.05) is 19.8 Å². The fourth-order valence-electron chi connectivity index (χ4n) is 2.02. The largest absolute Gasteiger partial charge is 0.492 e. The lowest BCUT2D eigenvalue weighted by Crippen LogP contribution is -2.54. The van der Waals surface area contributed by atoms with Crippen molar-refractivity contribution in [2.24, 2.45) is 5.92 Å². The number of para-hydroxylation sites is 1. The summed E-state index contributed by atoms with van der Waals surface area (Å²) in [5, 5.41) is 21.0. The standard InChI is InChI=1S/C14H19NO4/c1-14(8-16,9-17)15-13(18)11-6-10-4-2-3-5-12(10)19-7-11/h2-5,11,16-17H,6-9H2,1H3,(H,15,18). The molecule has 0 saturated carbocycles. The maximum Gasteiger partial charge on any atom is 0.227 e. The number of hydrogen-bond acceptors (Lipinski definition) is 4. The van der Waals surface area contributed by atoms with Crippen LogP contribution in [0.2, 0.25) is 0 Å². The maximum atomic E-state index is 12.1. The average Bonchev–Trinajstić information content (AvgIpc) is 2.46. The predicted octanol–water partition coefficient (Wildman–Crippen LogP) is 0.0972. The van der Waals surface area contributed by atoms with Gasteiger partial charge in [0.1, 0.15) is 12.4 Å². The topological polar surface area (TPSA) is 78.8 Å². The summed E-state index contributed by atoms with van der Waals surface area (Å²) in [5.41, 5.74) is 0.0113. The number of carbonyl (C=O) groups is 1. The highest BCUT2D eigenvalue weighted by Crippen LogP contribution is 2.27. The van der Waals surface area contributed by atoms with E-state index in [1.807, 2.05) is 24.3 Å². The van der Waals surface area contributed by atoms with E-state index in [0.717, 1.165) is 11.3 Å². The first-order chi connectivity index (χ1) is 9.08. The second-order valence-electron chi connectivity index (χ2n) is 5.19. The Morgan fingerprint density at radius 1 is 1.42 bits per heavy atom. The number of aliphatic hydroxyl groups is 2. The number of rotatable bonds is 4. The molecule has 1 unspecified atom stereocenters. The van der Waals surface area contributed by atoms with Gasteiger partial charge in [0, 0.05) is 0 Å². The van der Waals surface area contributed by atoms with Crippen molar-refractivity contribution in [1.82, 2.24) is 5.32 Å². The van der Waals surface area contributed by atoms with Gasteiger partial charge in [-0.1, -0.05) is 18.2 Å². The molecule has 0 aromatic heterocycles. The quantitative estimate of drug-likeness (QED) is 0.721. The SMILES string of the molecule is CC(CO)(CO)NC(=O)C1COc2ccccc2C1. The van der Waals surface area contributed by atoms with Crippen molar-refractivity contribution in [3.63, 3.8) is 0 Å². The maximum absolute atomic E-state index is 12.1. The Morgan fingerprint density at radius 2 is 2.11 bits per heavy atom. The summed E-state index contributed by atoms with van der Waals surface area (Å²) in [4.78, 5) is 12.1. The monoisotopic (exact) mass is 265 g/mol. The van der Waals surface area contributed by atoms with E-state index < -0.39 is 5.54 Å². The van der Waals surface area contributed by atoms with Crippen molar-refractivity contribution in [2.45, 2.75) is 18.9 Å². The third kappa shape index (κ3) is 3.05. The van der Waals surface area contributed by atoms with Crippen LogP contribution in [0.5, 0.6) is 5.75 Å². The fraction of sp³-hybridized carbons (Fsp3) is 0.500. The van der Waals surface area contributed by atoms with E-state index >= 15 is 0 Å². The lowest BCUT2D eigenvalue weighted by atomic mass is 9.94. The van der Waals surface area contributed by atoms with Gasteiger partial charge in [-0.15, -0.1) is 0 Å². The molecule has 1 amide bonds. The molecule has 3 N–H and O–H groups in total. The van der Waals surface area contributed by atoms with Crippen molar-refractivity contribution < 1.29 is 19.7 Å². The van der Waals surface area contributed by atoms with Crippen LogP contribution < -0.4 is 10.1 Å². The summed E-state index contributed by atoms with van der Waals surface area (Å²) in [6.07, 6.45) is 0.606. The van der Waals surface area contributed by atoms with Crippen molar-refractivity contribution in [3.8, 4) is 5.75 Å². The summed E-state index contributed by atoms with van der Waals surface area (Å²) in [6, 6.07) is 7.63. The Kier molecular flexibility index (Phi) is 4.07. The molecule has 1 aromatic carbocycles. The molecule has 1 atom stereocenters. The number of amides is 1. The Labute approximate surface area is 112 Å². The second kappa shape index (κ2) is 5.59. The molecule has 0 spiro atoms. The van der Waals surface area contributed by atoms with Gasteiger partial charge in [0.05, 0.1) is 24.7 Å². The molecule has 104 valence electrons. The van der Waals surface area contributed by atoms with E-state index in [0.29, 0.717) is 13.0 Å². The molecule has 1 aromatic rings. The van der Waals surface area contributed by atoms with Gasteiger partial charge in [0.2, 0.25) is 5.91 Å². The first-order valence-corrected chi connectivity index (χ1v) is 6.32. The summed E-state index contributed by atoms with van der Waals surface area (Å²) >= 11 is 0. The number of carbonyl (C=O) groups excluding carboxylic acids is 1. The highest BCUT2D eigenvalue weighted by atomic mass is 16.5. The molecule has 19 heavy (non-hydrogen) atoms. The van der Waals surface area contributed by atoms with E-state index in [1.165, 1.54) is 0 Å². The number of fused-ring (bicyclic) bond motifs is 1. The van der Waals surface area contributed by atoms with Crippen LogP contribution in [0.3, 0.4) is 0 Å². The zero-order valence-electron chi connectivity index (χ0n) is 10.9. The van der Waals surface area contributed by atoms with Crippen LogP contribution in [0.4, 0.5) is 0 Å². The molecular weight excluding hydrogens is 246 g/mol. The lowest BCUT2D eigenvalue weighted by Gasteiger charge is -2.30. The predicted molar refractivity (Wildman–Crippen MR) is 69.9 cm³/mol. The van der Waals surface area contributed by atoms with Gasteiger partial charge in [0.25, 0.3) is 0 Å². The van der Waals surface area contributed by atoms with Crippen LogP contribution in [0.1, 0.15) is 12.5 Å². The number of aliphatic hydroxyl groups excluding tert-OH is 2. The highest BCUT2D eigenvalue weighted by Gasteiger charge is 2.31. The van der Waals surface area contributed by atoms with E-state index in [1.54, 1.807) is 6.92 Å². The van der Waals surface area contributed by atoms with Gasteiger partial charge in [0.15, 0.2) is 0 Å². The van der Waals surface area contributed by atoms with Gasteiger partial charge < -0.3 is 20.3 Å². The third-order valence-corrected chi connectivity index (χ3v) is 3.37. The van der Waals surface area contributed by atoms with Crippen molar-refractivity contribution in [1.29, 1.82) is 0 Å². The molecule has 2 rings (SSSR count). The van der Waals surface area contributed by atoms with Crippen LogP contribution in [0.15, 0.2) is 24.3 Å². The van der Waals surface area contributed by atoms with E-state index in [2.05, 4.69) is 5.32 Å². The normalized spacial score (nSPS) is 18.4. The molecule has 5 heteroatoms. The van der Waals surface area contributed by atoms with Crippen LogP contribution in [0, 0.1) is 5.92 Å². The minimum Gasteiger partial charge on any atom is -0.492 e. The van der Waals surface area contributed by atoms with Gasteiger partial charge in [-0.25, -0.2) is 0 Å². The molecule has 0 fully saturated rings. The van der Waals surface area contributed by atoms with Crippen LogP contribution >= 0.6 is 0 Å². The van der Waals surface area contributed by atoms with E-state index in [-0.39, 0.29) is 25.0 Å². The van der Waals surface area contributed by atoms with Crippen molar-refractivity contribution >= 4 is 5.91 Å². The minimum atomic E-state index is -0.992. The summed E-state index contributed by atoms with van der Waals surface area (Å²) in [6.45, 7) is 1.30. The molecular formula is C14H19NO4. The number of nitrogens with one attached hydrogen (secondary N) is 1. The molecule has 5 nitrogen and oxygen atoms in total. The van der Waals surface area contributed by atoms with Crippen molar-refractivity contribution in [3.05, 3.63) is 29.8 Å². The van der Waals surface area contributed by atoms with Crippen LogP contribution in [-0.4, -0.2) is 41.5 Å². The van der Waals surface area contributed by atoms with Gasteiger partial charge in [-0.3, -0.25) is 4.79 Å². The minimum absolute atomic E-state index is 0.208. The molecule has 0 radical (unpaired) electrons. The van der Waals surface area contributed by atoms with Gasteiger partial charge in [-0.05, 0) is 25.0 Å². The molecule has 0 bridgehead atoms. The number of ether oxygens (including phenoxy) is 1. The number of benzene rings is 1. The number of hydrogen-bond donors (Lipinski definition) is 3. The zero-order valence-corrected chi connectivity index (χ0v) is 10.9. The molecule has 0 saturated heterocycles. The first-order valence-electron chi connectivity index (χ1n) is 6.32. The molecule has 0 aliphatic carbocycles. The Hall–Kier alpha value is -1.59. The molecule has 1 aliphatic rings. The zero-order chi connectivity index (χ0) is 13.9. The fourth-order valence-corrected chi connectivity index (χ4v) is 2.02. The highest BCUT2D eigenvalue weighted by molar-refractivity contribution is 5.80. The van der Waals surface area contributed by atoms with E-state index in [9.17, 15) is 15.0 Å². The Morgan fingerprint density at radius 3 is 2.79 bits per heavy atom. The van der Waals surface area contributed by atoms with Gasteiger partial charge in [-0.2, -0.15) is 0 Å². The van der Waals surface area contributed by atoms with Crippen LogP contribution in [0.25, 0.3) is 0 Å². The Bertz CT molecular complexity index is 457. The third-order valence-electron chi connectivity index (χ3n) is 3.37. The Balaban J connectivity index is 2.03. The summed E-state index contributed by atoms with van der Waals surface area (Å²) in [5.74, 6) is 0.311. The smallest absolute Gasteiger partial charge is 0.227 e. The molecule has 1 aliphatic heterocycles. The first kappa shape index (κ1) is 13.8. The molecule has 1 heterocycles. The van der Waals surface area contributed by atoms with Gasteiger partial charge >= 0.3 is 0 Å². The van der Waals surface area contributed by atoms with E-state index in [4.69, 9.17) is 4.74 Å².